The van der Waals surface area contributed by atoms with Gasteiger partial charge in [0.25, 0.3) is 0 Å². The second kappa shape index (κ2) is 6.40. The quantitative estimate of drug-likeness (QED) is 0.188. The van der Waals surface area contributed by atoms with Crippen LogP contribution >= 0.6 is 0 Å². The number of nitrogens with one attached hydrogen (secondary N) is 1. The standard InChI is InChI=1S/C21H25IN3O3S/c1-20-17-12-15(26)6-5-14(17)11-18-19(20)21(20,22-25(18)2)24-10-9-13-3-7-16(8-4-13)29(23,27)28/h3-8,12,18-19,24,26H,9-11H2,1-2H3,(H2,23,27,28)/q-1/t18-,19-,20+,21?/m0/s1. The van der Waals surface area contributed by atoms with E-state index in [1.807, 2.05) is 18.2 Å². The van der Waals surface area contributed by atoms with Crippen molar-refractivity contribution in [3.8, 4) is 5.75 Å². The molecular formula is C21H25IN3O3S-. The molecule has 156 valence electrons. The molecule has 2 aromatic carbocycles. The van der Waals surface area contributed by atoms with Crippen LogP contribution in [0, 0.1) is 5.92 Å². The van der Waals surface area contributed by atoms with E-state index in [-0.39, 0.29) is 35.3 Å². The molecule has 1 aliphatic heterocycles. The average molecular weight is 526 g/mol. The zero-order valence-corrected chi connectivity index (χ0v) is 19.4. The number of halogens is 1. The van der Waals surface area contributed by atoms with E-state index >= 15 is 0 Å². The van der Waals surface area contributed by atoms with E-state index < -0.39 is 10.0 Å². The fourth-order valence-electron chi connectivity index (χ4n) is 5.49. The van der Waals surface area contributed by atoms with E-state index in [2.05, 4.69) is 28.5 Å². The van der Waals surface area contributed by atoms with Crippen molar-refractivity contribution in [1.82, 2.24) is 8.43 Å². The van der Waals surface area contributed by atoms with E-state index in [1.54, 1.807) is 18.2 Å². The van der Waals surface area contributed by atoms with Gasteiger partial charge in [-0.25, -0.2) is 0 Å². The first-order valence-electron chi connectivity index (χ1n) is 9.75. The molecule has 0 radical (unpaired) electrons. The van der Waals surface area contributed by atoms with Gasteiger partial charge in [-0.1, -0.05) is 0 Å². The van der Waals surface area contributed by atoms with Crippen LogP contribution in [-0.2, 0) is 28.3 Å². The van der Waals surface area contributed by atoms with Crippen LogP contribution in [0.5, 0.6) is 5.75 Å². The van der Waals surface area contributed by atoms with Crippen molar-refractivity contribution in [1.29, 1.82) is 0 Å². The second-order valence-corrected chi connectivity index (χ2v) is 13.7. The number of nitrogens with two attached hydrogens (primary N) is 1. The molecule has 3 aliphatic rings. The van der Waals surface area contributed by atoms with Crippen LogP contribution in [0.1, 0.15) is 23.6 Å². The molecule has 0 amide bonds. The summed E-state index contributed by atoms with van der Waals surface area (Å²) in [6.45, 7) is 3.21. The molecule has 4 N–H and O–H groups in total. The first kappa shape index (κ1) is 19.7. The fourth-order valence-corrected chi connectivity index (χ4v) is 10.8. The van der Waals surface area contributed by atoms with Crippen LogP contribution in [-0.4, -0.2) is 39.8 Å². The van der Waals surface area contributed by atoms with E-state index in [0.29, 0.717) is 17.7 Å². The number of fused-ring (bicyclic) bond motifs is 3. The number of primary sulfonamides is 1. The number of hydrogen-bond acceptors (Lipinski definition) is 5. The molecule has 1 saturated carbocycles. The monoisotopic (exact) mass is 526 g/mol. The van der Waals surface area contributed by atoms with E-state index in [4.69, 9.17) is 5.14 Å². The molecule has 1 heterocycles. The molecule has 1 unspecified atom stereocenters. The number of benzene rings is 2. The van der Waals surface area contributed by atoms with Gasteiger partial charge in [0.15, 0.2) is 0 Å². The summed E-state index contributed by atoms with van der Waals surface area (Å²) in [5.74, 6) is 0.942. The van der Waals surface area contributed by atoms with E-state index in [0.717, 1.165) is 24.9 Å². The fraction of sp³-hybridized carbons (Fsp3) is 0.429. The zero-order valence-electron chi connectivity index (χ0n) is 16.4. The molecule has 1 saturated heterocycles. The van der Waals surface area contributed by atoms with Crippen LogP contribution in [0.3, 0.4) is 0 Å². The SMILES string of the molecule is CN1[I-]C2(NCCc3ccc(S(N)(=O)=O)cc3)[C@H]3[C@@H]1Cc1ccc(O)cc1[C@]32C. The van der Waals surface area contributed by atoms with Crippen LogP contribution in [0.2, 0.25) is 0 Å². The van der Waals surface area contributed by atoms with Crippen molar-refractivity contribution in [2.45, 2.75) is 39.7 Å². The van der Waals surface area contributed by atoms with Crippen molar-refractivity contribution < 1.29 is 35.0 Å². The number of phenols is 1. The Bertz CT molecular complexity index is 1090. The number of aromatic hydroxyl groups is 1. The van der Waals surface area contributed by atoms with Gasteiger partial charge in [-0.15, -0.1) is 0 Å². The van der Waals surface area contributed by atoms with Gasteiger partial charge >= 0.3 is 183 Å². The summed E-state index contributed by atoms with van der Waals surface area (Å²) >= 11 is -0.176. The summed E-state index contributed by atoms with van der Waals surface area (Å²) in [6, 6.07) is 13.3. The molecule has 4 atom stereocenters. The van der Waals surface area contributed by atoms with Crippen LogP contribution < -0.4 is 31.9 Å². The third-order valence-electron chi connectivity index (χ3n) is 6.96. The third-order valence-corrected chi connectivity index (χ3v) is 12.3. The Morgan fingerprint density at radius 3 is 2.69 bits per heavy atom. The maximum absolute atomic E-state index is 11.4. The molecule has 0 aromatic heterocycles. The van der Waals surface area contributed by atoms with Crippen molar-refractivity contribution in [3.63, 3.8) is 0 Å². The van der Waals surface area contributed by atoms with Crippen molar-refractivity contribution in [3.05, 3.63) is 59.2 Å². The van der Waals surface area contributed by atoms with E-state index in [9.17, 15) is 13.5 Å². The number of alkyl halides is 1. The average Bonchev–Trinajstić information content (AvgIpc) is 3.04. The van der Waals surface area contributed by atoms with Crippen LogP contribution in [0.25, 0.3) is 0 Å². The molecule has 5 rings (SSSR count). The topological polar surface area (TPSA) is 95.7 Å². The molecule has 0 spiro atoms. The van der Waals surface area contributed by atoms with Crippen LogP contribution in [0.4, 0.5) is 0 Å². The minimum absolute atomic E-state index is 0.0846. The normalized spacial score (nSPS) is 32.9. The maximum atomic E-state index is 11.4. The number of rotatable bonds is 5. The zero-order chi connectivity index (χ0) is 20.6. The summed E-state index contributed by atoms with van der Waals surface area (Å²) in [5, 5.41) is 19.2. The molecule has 8 heteroatoms. The summed E-state index contributed by atoms with van der Waals surface area (Å²) in [6.07, 6.45) is 1.89. The molecular weight excluding hydrogens is 501 g/mol. The summed E-state index contributed by atoms with van der Waals surface area (Å²) in [5.41, 5.74) is 3.86. The Labute approximate surface area is 182 Å². The number of phenolic OH excluding ortho intramolecular Hbond substituents is 1. The van der Waals surface area contributed by atoms with Gasteiger partial charge in [0.05, 0.1) is 0 Å². The van der Waals surface area contributed by atoms with Crippen molar-refractivity contribution in [2.75, 3.05) is 13.6 Å². The predicted octanol–water partition coefficient (Wildman–Crippen LogP) is -1.67. The van der Waals surface area contributed by atoms with Gasteiger partial charge in [-0.3, -0.25) is 0 Å². The van der Waals surface area contributed by atoms with Gasteiger partial charge < -0.3 is 0 Å². The van der Waals surface area contributed by atoms with Gasteiger partial charge in [0.2, 0.25) is 0 Å². The van der Waals surface area contributed by atoms with E-state index in [1.165, 1.54) is 11.1 Å². The molecule has 0 bridgehead atoms. The van der Waals surface area contributed by atoms with Gasteiger partial charge in [0.1, 0.15) is 0 Å². The first-order valence-corrected chi connectivity index (χ1v) is 13.3. The van der Waals surface area contributed by atoms with Crippen molar-refractivity contribution in [2.24, 2.45) is 11.1 Å². The summed E-state index contributed by atoms with van der Waals surface area (Å²) < 4.78 is 25.6. The summed E-state index contributed by atoms with van der Waals surface area (Å²) in [4.78, 5) is 0.149. The number of hydrogen-bond donors (Lipinski definition) is 3. The second-order valence-electron chi connectivity index (χ2n) is 8.48. The molecule has 6 nitrogen and oxygen atoms in total. The Hall–Kier alpha value is -1.20. The summed E-state index contributed by atoms with van der Waals surface area (Å²) in [7, 11) is -1.39. The molecule has 2 aliphatic carbocycles. The predicted molar refractivity (Wildman–Crippen MR) is 106 cm³/mol. The third kappa shape index (κ3) is 2.79. The number of likely N-dealkylation sites (N-methyl/N-ethyl adjacent to an activating group) is 1. The Kier molecular flexibility index (Phi) is 4.36. The number of sulfonamides is 1. The Morgan fingerprint density at radius 1 is 1.28 bits per heavy atom. The minimum atomic E-state index is -3.65. The van der Waals surface area contributed by atoms with Gasteiger partial charge in [-0.05, 0) is 0 Å². The Balaban J connectivity index is 1.35. The molecule has 2 aromatic rings. The Morgan fingerprint density at radius 2 is 2.00 bits per heavy atom. The van der Waals surface area contributed by atoms with Gasteiger partial charge in [0, 0.05) is 0 Å². The van der Waals surface area contributed by atoms with Crippen molar-refractivity contribution >= 4 is 10.0 Å². The van der Waals surface area contributed by atoms with Gasteiger partial charge in [-0.2, -0.15) is 0 Å². The number of nitrogens with zero attached hydrogens (tertiary/aromatic N) is 1. The first-order chi connectivity index (χ1) is 13.7. The molecule has 2 fully saturated rings. The van der Waals surface area contributed by atoms with Crippen LogP contribution in [0.15, 0.2) is 47.4 Å². The molecule has 29 heavy (non-hydrogen) atoms.